The minimum absolute atomic E-state index is 0.929. The second kappa shape index (κ2) is 12.0. The van der Waals surface area contributed by atoms with Crippen LogP contribution in [0.25, 0.3) is 0 Å². The summed E-state index contributed by atoms with van der Waals surface area (Å²) in [7, 11) is 0. The van der Waals surface area contributed by atoms with Gasteiger partial charge in [0.05, 0.1) is 0 Å². The van der Waals surface area contributed by atoms with Crippen LogP contribution in [0.3, 0.4) is 0 Å². The molecule has 0 aromatic rings. The highest BCUT2D eigenvalue weighted by atomic mass is 15.0. The van der Waals surface area contributed by atoms with Gasteiger partial charge in [-0.05, 0) is 32.3 Å². The maximum atomic E-state index is 4.36. The van der Waals surface area contributed by atoms with Crippen molar-refractivity contribution in [3.63, 3.8) is 0 Å². The summed E-state index contributed by atoms with van der Waals surface area (Å²) in [6.07, 6.45) is 4.24. The highest BCUT2D eigenvalue weighted by Gasteiger charge is 2.08. The van der Waals surface area contributed by atoms with Gasteiger partial charge < -0.3 is 5.32 Å². The van der Waals surface area contributed by atoms with Crippen LogP contribution >= 0.6 is 0 Å². The molecule has 0 spiro atoms. The van der Waals surface area contributed by atoms with Crippen LogP contribution in [0.15, 0.2) is 28.9 Å². The van der Waals surface area contributed by atoms with E-state index in [-0.39, 0.29) is 0 Å². The molecule has 2 nitrogen and oxygen atoms in total. The average Bonchev–Trinajstić information content (AvgIpc) is 2.37. The second-order valence-corrected chi connectivity index (χ2v) is 3.03. The molecule has 1 rings (SSSR count). The van der Waals surface area contributed by atoms with Gasteiger partial charge in [-0.25, -0.2) is 0 Å². The summed E-state index contributed by atoms with van der Waals surface area (Å²) in [6, 6.07) is 0. The molecular weight excluding hydrogens is 196 g/mol. The van der Waals surface area contributed by atoms with Crippen LogP contribution in [0, 0.1) is 0 Å². The van der Waals surface area contributed by atoms with E-state index in [1.54, 1.807) is 0 Å². The topological polar surface area (TPSA) is 24.4 Å². The number of nitrogens with one attached hydrogen (secondary N) is 1. The Balaban J connectivity index is 0. The molecule has 0 radical (unpaired) electrons. The molecule has 0 saturated heterocycles. The Morgan fingerprint density at radius 2 is 1.88 bits per heavy atom. The number of hydrogen-bond acceptors (Lipinski definition) is 2. The summed E-state index contributed by atoms with van der Waals surface area (Å²) < 4.78 is 0. The van der Waals surface area contributed by atoms with Gasteiger partial charge in [0, 0.05) is 12.2 Å². The predicted molar refractivity (Wildman–Crippen MR) is 75.9 cm³/mol. The standard InChI is InChI=1S/C10H16N2.2C2H6/c1-4-9(3)12-10-8(2)6-5-7-11-10;2*1-2/h4H,2,5-7H2,1,3H3,(H,11,12);2*1-2H3/b9-4-;;. The van der Waals surface area contributed by atoms with Crippen molar-refractivity contribution in [1.82, 2.24) is 5.32 Å². The van der Waals surface area contributed by atoms with Gasteiger partial charge in [-0.3, -0.25) is 4.99 Å². The van der Waals surface area contributed by atoms with Crippen molar-refractivity contribution in [3.8, 4) is 0 Å². The number of hydrogen-bond donors (Lipinski definition) is 1. The Morgan fingerprint density at radius 3 is 2.31 bits per heavy atom. The normalized spacial score (nSPS) is 15.0. The van der Waals surface area contributed by atoms with Crippen molar-refractivity contribution in [3.05, 3.63) is 23.9 Å². The molecule has 0 amide bonds. The molecule has 0 bridgehead atoms. The molecule has 0 fully saturated rings. The first-order valence-corrected chi connectivity index (χ1v) is 6.36. The van der Waals surface area contributed by atoms with Crippen LogP contribution in [0.1, 0.15) is 54.4 Å². The van der Waals surface area contributed by atoms with Crippen molar-refractivity contribution in [2.24, 2.45) is 4.99 Å². The predicted octanol–water partition coefficient (Wildman–Crippen LogP) is 4.30. The fourth-order valence-electron chi connectivity index (χ4n) is 1.10. The van der Waals surface area contributed by atoms with Crippen molar-refractivity contribution in [2.75, 3.05) is 6.54 Å². The Hall–Kier alpha value is -1.05. The summed E-state index contributed by atoms with van der Waals surface area (Å²) in [5.41, 5.74) is 2.26. The third-order valence-electron chi connectivity index (χ3n) is 1.99. The summed E-state index contributed by atoms with van der Waals surface area (Å²) in [6.45, 7) is 16.9. The molecule has 0 saturated carbocycles. The van der Waals surface area contributed by atoms with Gasteiger partial charge in [0.15, 0.2) is 0 Å². The summed E-state index contributed by atoms with van der Waals surface area (Å²) >= 11 is 0. The van der Waals surface area contributed by atoms with Gasteiger partial charge in [-0.15, -0.1) is 0 Å². The van der Waals surface area contributed by atoms with E-state index in [1.807, 2.05) is 47.6 Å². The highest BCUT2D eigenvalue weighted by molar-refractivity contribution is 5.99. The smallest absolute Gasteiger partial charge is 0.127 e. The minimum atomic E-state index is 0.929. The van der Waals surface area contributed by atoms with Gasteiger partial charge in [-0.2, -0.15) is 0 Å². The van der Waals surface area contributed by atoms with Crippen LogP contribution in [0.4, 0.5) is 0 Å². The van der Waals surface area contributed by atoms with Crippen molar-refractivity contribution in [2.45, 2.75) is 54.4 Å². The van der Waals surface area contributed by atoms with Crippen LogP contribution in [-0.4, -0.2) is 12.4 Å². The first kappa shape index (κ1) is 17.3. The van der Waals surface area contributed by atoms with E-state index in [2.05, 4.69) is 16.9 Å². The maximum Gasteiger partial charge on any atom is 0.127 e. The number of nitrogens with zero attached hydrogens (tertiary/aromatic N) is 1. The first-order chi connectivity index (χ1) is 7.74. The molecule has 0 aliphatic carbocycles. The van der Waals surface area contributed by atoms with Gasteiger partial charge in [0.2, 0.25) is 0 Å². The third-order valence-corrected chi connectivity index (χ3v) is 1.99. The fraction of sp³-hybridized carbons (Fsp3) is 0.643. The van der Waals surface area contributed by atoms with Gasteiger partial charge in [0.1, 0.15) is 5.84 Å². The molecule has 2 heteroatoms. The Labute approximate surface area is 102 Å². The van der Waals surface area contributed by atoms with Crippen molar-refractivity contribution < 1.29 is 0 Å². The zero-order valence-corrected chi connectivity index (χ0v) is 11.9. The lowest BCUT2D eigenvalue weighted by atomic mass is 10.1. The van der Waals surface area contributed by atoms with E-state index < -0.39 is 0 Å². The van der Waals surface area contributed by atoms with Crippen LogP contribution < -0.4 is 5.32 Å². The van der Waals surface area contributed by atoms with E-state index in [1.165, 1.54) is 0 Å². The summed E-state index contributed by atoms with van der Waals surface area (Å²) in [5.74, 6) is 0.969. The van der Waals surface area contributed by atoms with E-state index in [0.29, 0.717) is 0 Å². The second-order valence-electron chi connectivity index (χ2n) is 3.03. The number of amidine groups is 1. The average molecular weight is 224 g/mol. The lowest BCUT2D eigenvalue weighted by Gasteiger charge is -2.16. The Kier molecular flexibility index (Phi) is 13.0. The molecule has 1 heterocycles. The lowest BCUT2D eigenvalue weighted by molar-refractivity contribution is 0.801. The zero-order chi connectivity index (χ0) is 13.0. The van der Waals surface area contributed by atoms with E-state index in [4.69, 9.17) is 0 Å². The first-order valence-electron chi connectivity index (χ1n) is 6.36. The molecule has 16 heavy (non-hydrogen) atoms. The molecule has 1 N–H and O–H groups in total. The minimum Gasteiger partial charge on any atom is -0.345 e. The molecule has 0 atom stereocenters. The van der Waals surface area contributed by atoms with E-state index >= 15 is 0 Å². The third kappa shape index (κ3) is 7.27. The van der Waals surface area contributed by atoms with Gasteiger partial charge in [-0.1, -0.05) is 40.3 Å². The largest absolute Gasteiger partial charge is 0.345 e. The van der Waals surface area contributed by atoms with Gasteiger partial charge >= 0.3 is 0 Å². The Morgan fingerprint density at radius 1 is 1.31 bits per heavy atom. The van der Waals surface area contributed by atoms with Crippen LogP contribution in [0.2, 0.25) is 0 Å². The number of aliphatic imine (C=N–C) groups is 1. The number of rotatable bonds is 1. The summed E-state index contributed by atoms with van der Waals surface area (Å²) in [5, 5.41) is 3.23. The molecular formula is C14H28N2. The van der Waals surface area contributed by atoms with Gasteiger partial charge in [0.25, 0.3) is 0 Å². The quantitative estimate of drug-likeness (QED) is 0.705. The van der Waals surface area contributed by atoms with Crippen LogP contribution in [0.5, 0.6) is 0 Å². The molecule has 0 aromatic carbocycles. The Bertz CT molecular complexity index is 237. The van der Waals surface area contributed by atoms with E-state index in [9.17, 15) is 0 Å². The van der Waals surface area contributed by atoms with Crippen LogP contribution in [-0.2, 0) is 0 Å². The lowest BCUT2D eigenvalue weighted by Crippen LogP contribution is -2.25. The molecule has 94 valence electrons. The molecule has 0 aromatic heterocycles. The van der Waals surface area contributed by atoms with E-state index in [0.717, 1.165) is 36.5 Å². The van der Waals surface area contributed by atoms with Crippen molar-refractivity contribution in [1.29, 1.82) is 0 Å². The molecule has 1 aliphatic heterocycles. The summed E-state index contributed by atoms with van der Waals surface area (Å²) in [4.78, 5) is 4.36. The zero-order valence-electron chi connectivity index (χ0n) is 11.9. The monoisotopic (exact) mass is 224 g/mol. The van der Waals surface area contributed by atoms with Crippen molar-refractivity contribution >= 4 is 5.84 Å². The SMILES string of the molecule is C=C1CCCN=C1N/C(C)=C\C.CC.CC. The number of allylic oxidation sites excluding steroid dienone is 2. The molecule has 0 unspecified atom stereocenters. The maximum absolute atomic E-state index is 4.36. The highest BCUT2D eigenvalue weighted by Crippen LogP contribution is 2.10. The molecule has 1 aliphatic rings. The fourth-order valence-corrected chi connectivity index (χ4v) is 1.10.